The third-order valence-electron chi connectivity index (χ3n) is 4.68. The highest BCUT2D eigenvalue weighted by Crippen LogP contribution is 2.29. The number of rotatable bonds is 5. The van der Waals surface area contributed by atoms with Crippen LogP contribution in [-0.2, 0) is 14.3 Å². The maximum atomic E-state index is 12.8. The van der Waals surface area contributed by atoms with Crippen LogP contribution in [0.1, 0.15) is 38.7 Å². The fourth-order valence-electron chi connectivity index (χ4n) is 2.96. The van der Waals surface area contributed by atoms with Gasteiger partial charge in [0.25, 0.3) is 5.91 Å². The van der Waals surface area contributed by atoms with Crippen LogP contribution in [0.15, 0.2) is 30.3 Å². The molecule has 0 spiro atoms. The summed E-state index contributed by atoms with van der Waals surface area (Å²) in [6, 6.07) is 5.87. The molecule has 1 N–H and O–H groups in total. The Labute approximate surface area is 142 Å². The molecule has 2 rings (SSSR count). The first-order valence-corrected chi connectivity index (χ1v) is 8.35. The van der Waals surface area contributed by atoms with Gasteiger partial charge in [0.2, 0.25) is 0 Å². The molecule has 130 valence electrons. The Bertz CT molecular complexity index is 597. The molecule has 3 atom stereocenters. The first kappa shape index (κ1) is 18.2. The molecule has 0 unspecified atom stereocenters. The van der Waals surface area contributed by atoms with E-state index >= 15 is 0 Å². The molecule has 1 aliphatic carbocycles. The van der Waals surface area contributed by atoms with Gasteiger partial charge in [-0.05, 0) is 42.0 Å². The second kappa shape index (κ2) is 8.62. The van der Waals surface area contributed by atoms with Gasteiger partial charge < -0.3 is 10.1 Å². The molecule has 24 heavy (non-hydrogen) atoms. The number of amides is 1. The molecule has 0 radical (unpaired) electrons. The van der Waals surface area contributed by atoms with E-state index in [1.165, 1.54) is 30.7 Å². The standard InChI is InChI=1S/C19H24FNO3/c1-13-4-3-5-17(14(13)2)21-18(22)12-24-19(23)11-8-15-6-9-16(20)10-7-15/h6-11,13-14,17H,3-5,12H2,1-2H3,(H,21,22)/b11-8+/t13-,14+,17-/m0/s1. The molecular weight excluding hydrogens is 309 g/mol. The maximum Gasteiger partial charge on any atom is 0.331 e. The number of benzene rings is 1. The number of hydrogen-bond donors (Lipinski definition) is 1. The van der Waals surface area contributed by atoms with Gasteiger partial charge in [-0.15, -0.1) is 0 Å². The molecule has 1 aliphatic rings. The number of ether oxygens (including phenoxy) is 1. The van der Waals surface area contributed by atoms with E-state index in [0.717, 1.165) is 12.8 Å². The lowest BCUT2D eigenvalue weighted by molar-refractivity contribution is -0.144. The number of carbonyl (C=O) groups excluding carboxylic acids is 2. The molecule has 1 aromatic carbocycles. The van der Waals surface area contributed by atoms with Gasteiger partial charge in [-0.2, -0.15) is 0 Å². The van der Waals surface area contributed by atoms with Crippen LogP contribution in [-0.4, -0.2) is 24.5 Å². The Hall–Kier alpha value is -2.17. The lowest BCUT2D eigenvalue weighted by Gasteiger charge is -2.34. The molecule has 1 fully saturated rings. The van der Waals surface area contributed by atoms with Crippen LogP contribution in [0.25, 0.3) is 6.08 Å². The minimum atomic E-state index is -0.598. The Morgan fingerprint density at radius 3 is 2.67 bits per heavy atom. The zero-order valence-corrected chi connectivity index (χ0v) is 14.1. The molecule has 1 amide bonds. The van der Waals surface area contributed by atoms with Crippen LogP contribution in [0.2, 0.25) is 0 Å². The van der Waals surface area contributed by atoms with Crippen molar-refractivity contribution >= 4 is 18.0 Å². The van der Waals surface area contributed by atoms with Crippen LogP contribution < -0.4 is 5.32 Å². The minimum absolute atomic E-state index is 0.148. The van der Waals surface area contributed by atoms with Crippen molar-refractivity contribution in [1.82, 2.24) is 5.32 Å². The highest BCUT2D eigenvalue weighted by Gasteiger charge is 2.28. The summed E-state index contributed by atoms with van der Waals surface area (Å²) >= 11 is 0. The second-order valence-electron chi connectivity index (χ2n) is 6.43. The average Bonchev–Trinajstić information content (AvgIpc) is 2.56. The average molecular weight is 333 g/mol. The van der Waals surface area contributed by atoms with E-state index in [9.17, 15) is 14.0 Å². The summed E-state index contributed by atoms with van der Waals surface area (Å²) in [5.74, 6) is -0.191. The van der Waals surface area contributed by atoms with Crippen molar-refractivity contribution < 1.29 is 18.7 Å². The first-order valence-electron chi connectivity index (χ1n) is 8.35. The topological polar surface area (TPSA) is 55.4 Å². The molecule has 5 heteroatoms. The highest BCUT2D eigenvalue weighted by molar-refractivity contribution is 5.89. The number of halogens is 1. The predicted octanol–water partition coefficient (Wildman–Crippen LogP) is 3.32. The molecule has 1 saturated carbocycles. The summed E-state index contributed by atoms with van der Waals surface area (Å²) in [7, 11) is 0. The second-order valence-corrected chi connectivity index (χ2v) is 6.43. The lowest BCUT2D eigenvalue weighted by Crippen LogP contribution is -2.45. The Balaban J connectivity index is 1.74. The Kier molecular flexibility index (Phi) is 6.53. The number of nitrogens with one attached hydrogen (secondary N) is 1. The highest BCUT2D eigenvalue weighted by atomic mass is 19.1. The van der Waals surface area contributed by atoms with Gasteiger partial charge >= 0.3 is 5.97 Å². The first-order chi connectivity index (χ1) is 11.5. The van der Waals surface area contributed by atoms with Crippen molar-refractivity contribution in [2.45, 2.75) is 39.2 Å². The number of carbonyl (C=O) groups is 2. The third kappa shape index (κ3) is 5.48. The van der Waals surface area contributed by atoms with Gasteiger partial charge in [0, 0.05) is 12.1 Å². The van der Waals surface area contributed by atoms with E-state index in [-0.39, 0.29) is 24.4 Å². The van der Waals surface area contributed by atoms with E-state index < -0.39 is 5.97 Å². The van der Waals surface area contributed by atoms with Crippen LogP contribution in [0, 0.1) is 17.7 Å². The fourth-order valence-corrected chi connectivity index (χ4v) is 2.96. The Morgan fingerprint density at radius 2 is 1.96 bits per heavy atom. The van der Waals surface area contributed by atoms with Gasteiger partial charge in [0.15, 0.2) is 6.61 Å². The summed E-state index contributed by atoms with van der Waals surface area (Å²) in [5.41, 5.74) is 0.683. The van der Waals surface area contributed by atoms with Crippen LogP contribution in [0.5, 0.6) is 0 Å². The zero-order chi connectivity index (χ0) is 17.5. The summed E-state index contributed by atoms with van der Waals surface area (Å²) in [6.45, 7) is 4.06. The van der Waals surface area contributed by atoms with E-state index in [1.807, 2.05) is 0 Å². The van der Waals surface area contributed by atoms with E-state index in [4.69, 9.17) is 4.74 Å². The van der Waals surface area contributed by atoms with Crippen molar-refractivity contribution in [3.8, 4) is 0 Å². The van der Waals surface area contributed by atoms with Gasteiger partial charge in [0.1, 0.15) is 5.82 Å². The monoisotopic (exact) mass is 333 g/mol. The molecular formula is C19H24FNO3. The van der Waals surface area contributed by atoms with Crippen molar-refractivity contribution in [3.05, 3.63) is 41.7 Å². The van der Waals surface area contributed by atoms with Crippen LogP contribution in [0.4, 0.5) is 4.39 Å². The lowest BCUT2D eigenvalue weighted by atomic mass is 9.78. The van der Waals surface area contributed by atoms with E-state index in [1.54, 1.807) is 12.1 Å². The van der Waals surface area contributed by atoms with E-state index in [0.29, 0.717) is 17.4 Å². The zero-order valence-electron chi connectivity index (χ0n) is 14.1. The smallest absolute Gasteiger partial charge is 0.331 e. The third-order valence-corrected chi connectivity index (χ3v) is 4.68. The fraction of sp³-hybridized carbons (Fsp3) is 0.474. The van der Waals surface area contributed by atoms with Crippen LogP contribution in [0.3, 0.4) is 0 Å². The number of hydrogen-bond acceptors (Lipinski definition) is 3. The summed E-state index contributed by atoms with van der Waals surface area (Å²) in [5, 5.41) is 2.95. The van der Waals surface area contributed by atoms with Gasteiger partial charge in [-0.3, -0.25) is 4.79 Å². The molecule has 1 aromatic rings. The minimum Gasteiger partial charge on any atom is -0.452 e. The molecule has 0 bridgehead atoms. The molecule has 0 aliphatic heterocycles. The normalized spacial score (nSPS) is 23.9. The summed E-state index contributed by atoms with van der Waals surface area (Å²) in [4.78, 5) is 23.6. The summed E-state index contributed by atoms with van der Waals surface area (Å²) < 4.78 is 17.7. The quantitative estimate of drug-likeness (QED) is 0.664. The predicted molar refractivity (Wildman–Crippen MR) is 90.5 cm³/mol. The van der Waals surface area contributed by atoms with Gasteiger partial charge in [-0.25, -0.2) is 9.18 Å². The van der Waals surface area contributed by atoms with E-state index in [2.05, 4.69) is 19.2 Å². The van der Waals surface area contributed by atoms with Crippen molar-refractivity contribution in [3.63, 3.8) is 0 Å². The van der Waals surface area contributed by atoms with Crippen molar-refractivity contribution in [2.75, 3.05) is 6.61 Å². The van der Waals surface area contributed by atoms with Gasteiger partial charge in [0.05, 0.1) is 0 Å². The Morgan fingerprint density at radius 1 is 1.25 bits per heavy atom. The largest absolute Gasteiger partial charge is 0.452 e. The van der Waals surface area contributed by atoms with Crippen LogP contribution >= 0.6 is 0 Å². The van der Waals surface area contributed by atoms with Crippen molar-refractivity contribution in [1.29, 1.82) is 0 Å². The molecule has 0 saturated heterocycles. The molecule has 0 aromatic heterocycles. The van der Waals surface area contributed by atoms with Crippen molar-refractivity contribution in [2.24, 2.45) is 11.8 Å². The molecule has 0 heterocycles. The summed E-state index contributed by atoms with van der Waals surface area (Å²) in [6.07, 6.45) is 6.01. The SMILES string of the molecule is C[C@H]1[C@@H](NC(=O)COC(=O)/C=C/c2ccc(F)cc2)CCC[C@@H]1C. The molecule has 4 nitrogen and oxygen atoms in total. The number of esters is 1. The maximum absolute atomic E-state index is 12.8. The van der Waals surface area contributed by atoms with Gasteiger partial charge in [-0.1, -0.05) is 38.8 Å².